The minimum absolute atomic E-state index is 0.0216. The zero-order valence-electron chi connectivity index (χ0n) is 15.7. The molecule has 0 spiro atoms. The highest BCUT2D eigenvalue weighted by atomic mass is 19.4. The number of hydrogen-bond donors (Lipinski definition) is 0. The minimum atomic E-state index is -4.94. The van der Waals surface area contributed by atoms with E-state index in [9.17, 15) is 22.8 Å². The number of rotatable bonds is 4. The van der Waals surface area contributed by atoms with E-state index >= 15 is 0 Å². The molecule has 2 heterocycles. The van der Waals surface area contributed by atoms with Gasteiger partial charge in [-0.1, -0.05) is 12.1 Å². The summed E-state index contributed by atoms with van der Waals surface area (Å²) in [5.41, 5.74) is 1.12. The van der Waals surface area contributed by atoms with Crippen LogP contribution in [-0.2, 0) is 16.1 Å². The van der Waals surface area contributed by atoms with Crippen LogP contribution in [0.25, 0.3) is 0 Å². The zero-order chi connectivity index (χ0) is 20.3. The van der Waals surface area contributed by atoms with Crippen LogP contribution in [0.4, 0.5) is 13.2 Å². The van der Waals surface area contributed by atoms with E-state index in [1.807, 2.05) is 24.3 Å². The number of benzene rings is 1. The molecular weight excluding hydrogens is 375 g/mol. The summed E-state index contributed by atoms with van der Waals surface area (Å²) in [6.07, 6.45) is -4.25. The van der Waals surface area contributed by atoms with E-state index < -0.39 is 18.1 Å². The van der Waals surface area contributed by atoms with Gasteiger partial charge in [0, 0.05) is 39.3 Å². The molecule has 0 aromatic heterocycles. The molecule has 2 fully saturated rings. The Morgan fingerprint density at radius 2 is 1.71 bits per heavy atom. The highest BCUT2D eigenvalue weighted by Crippen LogP contribution is 2.27. The van der Waals surface area contributed by atoms with Crippen LogP contribution in [0.15, 0.2) is 24.3 Å². The Labute approximate surface area is 161 Å². The number of halogens is 3. The van der Waals surface area contributed by atoms with Crippen molar-refractivity contribution in [3.05, 3.63) is 29.8 Å². The molecule has 0 bridgehead atoms. The van der Waals surface area contributed by atoms with E-state index in [0.29, 0.717) is 37.5 Å². The number of hydrogen-bond acceptors (Lipinski definition) is 4. The van der Waals surface area contributed by atoms with Crippen molar-refractivity contribution >= 4 is 11.8 Å². The predicted molar refractivity (Wildman–Crippen MR) is 95.6 cm³/mol. The topological polar surface area (TPSA) is 53.1 Å². The number of nitrogens with zero attached hydrogens (tertiary/aromatic N) is 3. The standard InChI is InChI=1S/C19H24F3N3O3/c1-28-15-6-4-14(5-7-15)13-23-9-11-24(12-10-23)17(26)16-3-2-8-25(16)18(27)19(20,21)22/h4-7,16H,2-3,8-13H2,1H3. The van der Waals surface area contributed by atoms with Crippen molar-refractivity contribution in [2.75, 3.05) is 39.8 Å². The molecule has 28 heavy (non-hydrogen) atoms. The third kappa shape index (κ3) is 4.57. The van der Waals surface area contributed by atoms with Gasteiger partial charge in [-0.2, -0.15) is 13.2 Å². The third-order valence-electron chi connectivity index (χ3n) is 5.29. The van der Waals surface area contributed by atoms with Gasteiger partial charge in [0.1, 0.15) is 11.8 Å². The number of piperazine rings is 1. The number of amides is 2. The summed E-state index contributed by atoms with van der Waals surface area (Å²) in [7, 11) is 1.61. The van der Waals surface area contributed by atoms with Gasteiger partial charge in [0.25, 0.3) is 0 Å². The number of alkyl halides is 3. The first-order valence-electron chi connectivity index (χ1n) is 9.31. The van der Waals surface area contributed by atoms with Gasteiger partial charge in [-0.3, -0.25) is 14.5 Å². The Kier molecular flexibility index (Phi) is 6.12. The maximum atomic E-state index is 12.8. The molecule has 0 aliphatic carbocycles. The van der Waals surface area contributed by atoms with Crippen molar-refractivity contribution in [1.29, 1.82) is 0 Å². The maximum absolute atomic E-state index is 12.8. The normalized spacial score (nSPS) is 21.1. The Bertz CT molecular complexity index is 701. The Hall–Kier alpha value is -2.29. The van der Waals surface area contributed by atoms with E-state index in [2.05, 4.69) is 4.90 Å². The van der Waals surface area contributed by atoms with E-state index in [1.165, 1.54) is 0 Å². The molecule has 9 heteroatoms. The molecule has 0 radical (unpaired) electrons. The molecule has 3 rings (SSSR count). The Balaban J connectivity index is 1.53. The second-order valence-corrected chi connectivity index (χ2v) is 7.10. The molecule has 1 aromatic carbocycles. The fraction of sp³-hybridized carbons (Fsp3) is 0.579. The summed E-state index contributed by atoms with van der Waals surface area (Å²) in [6.45, 7) is 2.87. The number of carbonyl (C=O) groups is 2. The fourth-order valence-corrected chi connectivity index (χ4v) is 3.76. The summed E-state index contributed by atoms with van der Waals surface area (Å²) in [5, 5.41) is 0. The molecule has 0 saturated carbocycles. The van der Waals surface area contributed by atoms with Crippen LogP contribution in [0.3, 0.4) is 0 Å². The summed E-state index contributed by atoms with van der Waals surface area (Å²) < 4.78 is 43.4. The molecule has 1 atom stereocenters. The van der Waals surface area contributed by atoms with Crippen LogP contribution in [0.2, 0.25) is 0 Å². The molecule has 1 unspecified atom stereocenters. The molecule has 154 valence electrons. The lowest BCUT2D eigenvalue weighted by molar-refractivity contribution is -0.187. The lowest BCUT2D eigenvalue weighted by Crippen LogP contribution is -2.55. The zero-order valence-corrected chi connectivity index (χ0v) is 15.7. The van der Waals surface area contributed by atoms with Crippen molar-refractivity contribution in [3.63, 3.8) is 0 Å². The quantitative estimate of drug-likeness (QED) is 0.776. The van der Waals surface area contributed by atoms with Gasteiger partial charge in [-0.05, 0) is 30.5 Å². The van der Waals surface area contributed by atoms with Crippen LogP contribution in [-0.4, -0.2) is 78.6 Å². The summed E-state index contributed by atoms with van der Waals surface area (Å²) in [5.74, 6) is -1.51. The average molecular weight is 399 g/mol. The van der Waals surface area contributed by atoms with E-state index in [4.69, 9.17) is 4.74 Å². The van der Waals surface area contributed by atoms with Crippen LogP contribution in [0.5, 0.6) is 5.75 Å². The van der Waals surface area contributed by atoms with Crippen molar-refractivity contribution in [3.8, 4) is 5.75 Å². The minimum Gasteiger partial charge on any atom is -0.497 e. The van der Waals surface area contributed by atoms with Gasteiger partial charge >= 0.3 is 12.1 Å². The van der Waals surface area contributed by atoms with Gasteiger partial charge < -0.3 is 14.5 Å². The van der Waals surface area contributed by atoms with Gasteiger partial charge in [-0.25, -0.2) is 0 Å². The van der Waals surface area contributed by atoms with Crippen LogP contribution >= 0.6 is 0 Å². The first kappa shape index (κ1) is 20.4. The van der Waals surface area contributed by atoms with Crippen LogP contribution in [0.1, 0.15) is 18.4 Å². The second kappa shape index (κ2) is 8.38. The fourth-order valence-electron chi connectivity index (χ4n) is 3.76. The number of carbonyl (C=O) groups excluding carboxylic acids is 2. The third-order valence-corrected chi connectivity index (χ3v) is 5.29. The number of likely N-dealkylation sites (tertiary alicyclic amines) is 1. The van der Waals surface area contributed by atoms with Crippen molar-refractivity contribution in [2.24, 2.45) is 0 Å². The molecular formula is C19H24F3N3O3. The Morgan fingerprint density at radius 3 is 2.29 bits per heavy atom. The molecule has 0 N–H and O–H groups in total. The Morgan fingerprint density at radius 1 is 1.07 bits per heavy atom. The monoisotopic (exact) mass is 399 g/mol. The van der Waals surface area contributed by atoms with Gasteiger partial charge in [0.15, 0.2) is 0 Å². The molecule has 2 amide bonds. The van der Waals surface area contributed by atoms with E-state index in [1.54, 1.807) is 12.0 Å². The molecule has 6 nitrogen and oxygen atoms in total. The maximum Gasteiger partial charge on any atom is 0.471 e. The van der Waals surface area contributed by atoms with Crippen LogP contribution in [0, 0.1) is 0 Å². The van der Waals surface area contributed by atoms with Gasteiger partial charge in [-0.15, -0.1) is 0 Å². The van der Waals surface area contributed by atoms with Crippen molar-refractivity contribution < 1.29 is 27.5 Å². The first-order chi connectivity index (χ1) is 13.3. The average Bonchev–Trinajstić information content (AvgIpc) is 3.17. The number of methoxy groups -OCH3 is 1. The number of ether oxygens (including phenoxy) is 1. The highest BCUT2D eigenvalue weighted by molar-refractivity contribution is 5.90. The highest BCUT2D eigenvalue weighted by Gasteiger charge is 2.48. The lowest BCUT2D eigenvalue weighted by atomic mass is 10.1. The predicted octanol–water partition coefficient (Wildman–Crippen LogP) is 1.89. The van der Waals surface area contributed by atoms with E-state index in [0.717, 1.165) is 17.9 Å². The van der Waals surface area contributed by atoms with Crippen molar-refractivity contribution in [1.82, 2.24) is 14.7 Å². The van der Waals surface area contributed by atoms with Crippen LogP contribution < -0.4 is 4.74 Å². The second-order valence-electron chi connectivity index (χ2n) is 7.10. The SMILES string of the molecule is COc1ccc(CN2CCN(C(=O)C3CCCN3C(=O)C(F)(F)F)CC2)cc1. The van der Waals surface area contributed by atoms with Gasteiger partial charge in [0.2, 0.25) is 5.91 Å². The van der Waals surface area contributed by atoms with Gasteiger partial charge in [0.05, 0.1) is 7.11 Å². The molecule has 2 aliphatic heterocycles. The summed E-state index contributed by atoms with van der Waals surface area (Å²) in [4.78, 5) is 28.7. The molecule has 2 saturated heterocycles. The molecule has 1 aromatic rings. The smallest absolute Gasteiger partial charge is 0.471 e. The molecule has 2 aliphatic rings. The first-order valence-corrected chi connectivity index (χ1v) is 9.31. The summed E-state index contributed by atoms with van der Waals surface area (Å²) >= 11 is 0. The van der Waals surface area contributed by atoms with E-state index in [-0.39, 0.29) is 18.9 Å². The van der Waals surface area contributed by atoms with Crippen molar-refractivity contribution in [2.45, 2.75) is 31.6 Å². The largest absolute Gasteiger partial charge is 0.497 e. The summed E-state index contributed by atoms with van der Waals surface area (Å²) in [6, 6.07) is 6.75. The lowest BCUT2D eigenvalue weighted by Gasteiger charge is -2.37.